The molecule has 0 aromatic heterocycles. The normalized spacial score (nSPS) is 11.4. The monoisotopic (exact) mass is 252 g/mol. The van der Waals surface area contributed by atoms with Gasteiger partial charge in [0.2, 0.25) is 5.91 Å². The predicted molar refractivity (Wildman–Crippen MR) is 70.6 cm³/mol. The van der Waals surface area contributed by atoms with Crippen molar-refractivity contribution in [1.29, 1.82) is 0 Å². The summed E-state index contributed by atoms with van der Waals surface area (Å²) in [5, 5.41) is 3.15. The molecule has 1 amide bonds. The van der Waals surface area contributed by atoms with Gasteiger partial charge < -0.3 is 10.2 Å². The number of benzene rings is 1. The minimum Gasteiger partial charge on any atom is -0.340 e. The smallest absolute Gasteiger partial charge is 0.242 e. The first-order chi connectivity index (χ1) is 8.36. The van der Waals surface area contributed by atoms with Crippen molar-refractivity contribution in [2.24, 2.45) is 0 Å². The van der Waals surface area contributed by atoms with Gasteiger partial charge in [-0.25, -0.2) is 4.39 Å². The second-order valence-electron chi connectivity index (χ2n) is 4.94. The maximum atomic E-state index is 12.8. The minimum absolute atomic E-state index is 0.0219. The Labute approximate surface area is 108 Å². The molecule has 3 nitrogen and oxygen atoms in total. The molecule has 0 fully saturated rings. The van der Waals surface area contributed by atoms with Crippen molar-refractivity contribution in [3.8, 4) is 0 Å². The van der Waals surface area contributed by atoms with E-state index in [1.807, 2.05) is 20.8 Å². The molecule has 100 valence electrons. The first kappa shape index (κ1) is 14.6. The maximum Gasteiger partial charge on any atom is 0.242 e. The van der Waals surface area contributed by atoms with Crippen LogP contribution in [0.2, 0.25) is 0 Å². The van der Waals surface area contributed by atoms with Crippen LogP contribution in [0.15, 0.2) is 24.3 Å². The Balaban J connectivity index is 2.67. The highest BCUT2D eigenvalue weighted by Gasteiger charge is 2.29. The molecule has 0 aliphatic heterocycles. The fourth-order valence-corrected chi connectivity index (χ4v) is 1.93. The summed E-state index contributed by atoms with van der Waals surface area (Å²) in [4.78, 5) is 13.9. The summed E-state index contributed by atoms with van der Waals surface area (Å²) in [6.45, 7) is 6.91. The highest BCUT2D eigenvalue weighted by atomic mass is 19.1. The van der Waals surface area contributed by atoms with Gasteiger partial charge in [0.1, 0.15) is 5.82 Å². The molecule has 0 bridgehead atoms. The summed E-state index contributed by atoms with van der Waals surface area (Å²) in [5.41, 5.74) is 0.336. The molecule has 0 saturated heterocycles. The van der Waals surface area contributed by atoms with Crippen LogP contribution in [0.1, 0.15) is 26.3 Å². The van der Waals surface area contributed by atoms with E-state index in [1.54, 1.807) is 24.1 Å². The van der Waals surface area contributed by atoms with E-state index in [2.05, 4.69) is 5.32 Å². The van der Waals surface area contributed by atoms with Crippen LogP contribution >= 0.6 is 0 Å². The van der Waals surface area contributed by atoms with Gasteiger partial charge in [-0.3, -0.25) is 4.79 Å². The summed E-state index contributed by atoms with van der Waals surface area (Å²) < 4.78 is 12.8. The average Bonchev–Trinajstić information content (AvgIpc) is 2.31. The Kier molecular flexibility index (Phi) is 4.84. The Bertz CT molecular complexity index is 401. The largest absolute Gasteiger partial charge is 0.340 e. The third kappa shape index (κ3) is 3.81. The van der Waals surface area contributed by atoms with Crippen molar-refractivity contribution in [2.45, 2.75) is 32.9 Å². The standard InChI is InChI=1S/C14H21FN2O/c1-5-16-14(2,3)13(18)17(4)10-11-6-8-12(15)9-7-11/h6-9,16H,5,10H2,1-4H3. The van der Waals surface area contributed by atoms with Gasteiger partial charge in [-0.15, -0.1) is 0 Å². The lowest BCUT2D eigenvalue weighted by Crippen LogP contribution is -2.52. The van der Waals surface area contributed by atoms with E-state index in [0.29, 0.717) is 6.54 Å². The molecule has 1 rings (SSSR count). The molecular formula is C14H21FN2O. The molecule has 0 heterocycles. The Hall–Kier alpha value is -1.42. The number of carbonyl (C=O) groups is 1. The highest BCUT2D eigenvalue weighted by Crippen LogP contribution is 2.11. The summed E-state index contributed by atoms with van der Waals surface area (Å²) in [6, 6.07) is 6.20. The summed E-state index contributed by atoms with van der Waals surface area (Å²) in [6.07, 6.45) is 0. The highest BCUT2D eigenvalue weighted by molar-refractivity contribution is 5.85. The van der Waals surface area contributed by atoms with Gasteiger partial charge in [0, 0.05) is 13.6 Å². The van der Waals surface area contributed by atoms with E-state index in [1.165, 1.54) is 12.1 Å². The molecule has 0 spiro atoms. The number of hydrogen-bond donors (Lipinski definition) is 1. The number of likely N-dealkylation sites (N-methyl/N-ethyl adjacent to an activating group) is 2. The van der Waals surface area contributed by atoms with E-state index >= 15 is 0 Å². The van der Waals surface area contributed by atoms with E-state index in [4.69, 9.17) is 0 Å². The maximum absolute atomic E-state index is 12.8. The van der Waals surface area contributed by atoms with Crippen molar-refractivity contribution in [1.82, 2.24) is 10.2 Å². The fourth-order valence-electron chi connectivity index (χ4n) is 1.93. The van der Waals surface area contributed by atoms with Gasteiger partial charge in [-0.2, -0.15) is 0 Å². The predicted octanol–water partition coefficient (Wildman–Crippen LogP) is 2.17. The van der Waals surface area contributed by atoms with Crippen LogP contribution in [0, 0.1) is 5.82 Å². The lowest BCUT2D eigenvalue weighted by atomic mass is 10.0. The van der Waals surface area contributed by atoms with Gasteiger partial charge >= 0.3 is 0 Å². The summed E-state index contributed by atoms with van der Waals surface area (Å²) >= 11 is 0. The Morgan fingerprint density at radius 3 is 2.39 bits per heavy atom. The minimum atomic E-state index is -0.580. The third-order valence-electron chi connectivity index (χ3n) is 2.83. The molecule has 0 atom stereocenters. The van der Waals surface area contributed by atoms with Crippen LogP contribution in [0.5, 0.6) is 0 Å². The van der Waals surface area contributed by atoms with E-state index in [-0.39, 0.29) is 11.7 Å². The van der Waals surface area contributed by atoms with Crippen LogP contribution in [0.3, 0.4) is 0 Å². The third-order valence-corrected chi connectivity index (χ3v) is 2.83. The number of nitrogens with one attached hydrogen (secondary N) is 1. The molecular weight excluding hydrogens is 231 g/mol. The number of carbonyl (C=O) groups excluding carboxylic acids is 1. The number of amides is 1. The number of nitrogens with zero attached hydrogens (tertiary/aromatic N) is 1. The fraction of sp³-hybridized carbons (Fsp3) is 0.500. The van der Waals surface area contributed by atoms with Crippen molar-refractivity contribution in [3.63, 3.8) is 0 Å². The molecule has 0 radical (unpaired) electrons. The van der Waals surface area contributed by atoms with Crippen molar-refractivity contribution >= 4 is 5.91 Å². The van der Waals surface area contributed by atoms with Gasteiger partial charge in [-0.05, 0) is 38.1 Å². The van der Waals surface area contributed by atoms with Gasteiger partial charge in [0.15, 0.2) is 0 Å². The SMILES string of the molecule is CCNC(C)(C)C(=O)N(C)Cc1ccc(F)cc1. The molecule has 0 unspecified atom stereocenters. The number of rotatable bonds is 5. The molecule has 0 aliphatic rings. The zero-order valence-electron chi connectivity index (χ0n) is 11.5. The van der Waals surface area contributed by atoms with E-state index < -0.39 is 5.54 Å². The summed E-state index contributed by atoms with van der Waals surface area (Å²) in [7, 11) is 1.75. The average molecular weight is 252 g/mol. The molecule has 0 aliphatic carbocycles. The lowest BCUT2D eigenvalue weighted by molar-refractivity contribution is -0.136. The molecule has 1 N–H and O–H groups in total. The van der Waals surface area contributed by atoms with Crippen molar-refractivity contribution < 1.29 is 9.18 Å². The van der Waals surface area contributed by atoms with Gasteiger partial charge in [0.05, 0.1) is 5.54 Å². The van der Waals surface area contributed by atoms with Crippen LogP contribution in [0.25, 0.3) is 0 Å². The van der Waals surface area contributed by atoms with Gasteiger partial charge in [0.25, 0.3) is 0 Å². The second-order valence-corrected chi connectivity index (χ2v) is 4.94. The second kappa shape index (κ2) is 5.96. The zero-order valence-corrected chi connectivity index (χ0v) is 11.5. The van der Waals surface area contributed by atoms with Crippen LogP contribution < -0.4 is 5.32 Å². The molecule has 0 saturated carbocycles. The topological polar surface area (TPSA) is 32.3 Å². The van der Waals surface area contributed by atoms with E-state index in [0.717, 1.165) is 12.1 Å². The zero-order chi connectivity index (χ0) is 13.8. The number of halogens is 1. The van der Waals surface area contributed by atoms with Crippen molar-refractivity contribution in [2.75, 3.05) is 13.6 Å². The summed E-state index contributed by atoms with van der Waals surface area (Å²) in [5.74, 6) is -0.241. The Morgan fingerprint density at radius 1 is 1.33 bits per heavy atom. The number of hydrogen-bond acceptors (Lipinski definition) is 2. The van der Waals surface area contributed by atoms with Crippen LogP contribution in [-0.4, -0.2) is 29.9 Å². The van der Waals surface area contributed by atoms with Gasteiger partial charge in [-0.1, -0.05) is 19.1 Å². The van der Waals surface area contributed by atoms with Crippen molar-refractivity contribution in [3.05, 3.63) is 35.6 Å². The molecule has 1 aromatic rings. The molecule has 4 heteroatoms. The first-order valence-corrected chi connectivity index (χ1v) is 6.12. The quantitative estimate of drug-likeness (QED) is 0.871. The first-order valence-electron chi connectivity index (χ1n) is 6.12. The molecule has 18 heavy (non-hydrogen) atoms. The molecule has 1 aromatic carbocycles. The Morgan fingerprint density at radius 2 is 1.89 bits per heavy atom. The van der Waals surface area contributed by atoms with Crippen LogP contribution in [0.4, 0.5) is 4.39 Å². The van der Waals surface area contributed by atoms with Crippen LogP contribution in [-0.2, 0) is 11.3 Å². The van der Waals surface area contributed by atoms with E-state index in [9.17, 15) is 9.18 Å². The lowest BCUT2D eigenvalue weighted by Gasteiger charge is -2.30.